The topological polar surface area (TPSA) is 48.1 Å². The Morgan fingerprint density at radius 2 is 0.884 bits per heavy atom. The van der Waals surface area contributed by atoms with Crippen molar-refractivity contribution < 1.29 is 4.74 Å². The number of fused-ring (bicyclic) bond motifs is 10. The van der Waals surface area contributed by atoms with Crippen molar-refractivity contribution in [2.75, 3.05) is 4.90 Å². The van der Waals surface area contributed by atoms with Crippen LogP contribution in [0, 0.1) is 0 Å². The van der Waals surface area contributed by atoms with Gasteiger partial charge in [0.15, 0.2) is 0 Å². The van der Waals surface area contributed by atoms with E-state index in [9.17, 15) is 0 Å². The predicted molar refractivity (Wildman–Crippen MR) is 364 cm³/mol. The molecule has 1 aliphatic heterocycles. The number of rotatable bonds is 9. The van der Waals surface area contributed by atoms with E-state index in [4.69, 9.17) is 14.7 Å². The van der Waals surface area contributed by atoms with E-state index in [2.05, 4.69) is 310 Å². The molecule has 0 amide bonds. The molecule has 86 heavy (non-hydrogen) atoms. The first kappa shape index (κ1) is 53.0. The third-order valence-electron chi connectivity index (χ3n) is 17.8. The van der Waals surface area contributed by atoms with E-state index in [0.29, 0.717) is 12.4 Å². The van der Waals surface area contributed by atoms with Gasteiger partial charge < -0.3 is 0 Å². The van der Waals surface area contributed by atoms with Crippen molar-refractivity contribution in [1.82, 2.24) is 19.1 Å². The van der Waals surface area contributed by atoms with Gasteiger partial charge in [-0.15, -0.1) is 0 Å². The van der Waals surface area contributed by atoms with Gasteiger partial charge >= 0.3 is 373 Å². The van der Waals surface area contributed by atoms with Gasteiger partial charge in [0.1, 0.15) is 11.6 Å². The quantitative estimate of drug-likeness (QED) is 0.135. The Hall–Kier alpha value is -9.76. The van der Waals surface area contributed by atoms with E-state index < -0.39 is 13.3 Å². The van der Waals surface area contributed by atoms with Crippen LogP contribution in [0.2, 0.25) is 0 Å². The number of benzene rings is 10. The molecule has 15 rings (SSSR count). The number of pyridine rings is 2. The Balaban J connectivity index is 0.953. The number of nitrogens with zero attached hydrogens (tertiary/aromatic N) is 5. The molecule has 10 aromatic carbocycles. The summed E-state index contributed by atoms with van der Waals surface area (Å²) in [4.78, 5) is 12.5. The summed E-state index contributed by atoms with van der Waals surface area (Å²) in [6.45, 7) is 14.3. The average molecular weight is 1170 g/mol. The first-order valence-electron chi connectivity index (χ1n) is 29.9. The summed E-state index contributed by atoms with van der Waals surface area (Å²) in [5, 5.41) is 9.39. The molecule has 4 aromatic heterocycles. The summed E-state index contributed by atoms with van der Waals surface area (Å²) in [6.07, 6.45) is 3.81. The Morgan fingerprint density at radius 3 is 1.51 bits per heavy atom. The second-order valence-electron chi connectivity index (χ2n) is 25.0. The Morgan fingerprint density at radius 1 is 0.372 bits per heavy atom. The fourth-order valence-corrected chi connectivity index (χ4v) is 23.7. The fourth-order valence-electron chi connectivity index (χ4n) is 13.6. The molecule has 0 saturated heterocycles. The number of ether oxygens (including phenoxy) is 1. The molecule has 0 saturated carbocycles. The van der Waals surface area contributed by atoms with Crippen molar-refractivity contribution in [3.8, 4) is 28.4 Å². The molecule has 0 radical (unpaired) electrons. The van der Waals surface area contributed by atoms with Crippen LogP contribution >= 0.6 is 0 Å². The number of para-hydroxylation sites is 3. The number of hydrogen-bond acceptors (Lipinski definition) is 4. The van der Waals surface area contributed by atoms with Crippen LogP contribution in [0.4, 0.5) is 11.5 Å². The predicted octanol–water partition coefficient (Wildman–Crippen LogP) is 17.7. The van der Waals surface area contributed by atoms with Gasteiger partial charge in [0.25, 0.3) is 0 Å². The van der Waals surface area contributed by atoms with Gasteiger partial charge in [-0.2, -0.15) is 0 Å². The molecule has 0 unspecified atom stereocenters. The van der Waals surface area contributed by atoms with E-state index in [1.54, 1.807) is 0 Å². The molecule has 5 heterocycles. The maximum absolute atomic E-state index is 6.97. The zero-order chi connectivity index (χ0) is 58.3. The number of hydrogen-bond donors (Lipinski definition) is 0. The van der Waals surface area contributed by atoms with E-state index in [0.717, 1.165) is 55.9 Å². The zero-order valence-electron chi connectivity index (χ0n) is 49.3. The molecule has 416 valence electrons. The van der Waals surface area contributed by atoms with E-state index >= 15 is 0 Å². The summed E-state index contributed by atoms with van der Waals surface area (Å²) >= 11 is -3.81. The molecule has 0 aliphatic carbocycles. The van der Waals surface area contributed by atoms with Crippen LogP contribution in [-0.2, 0) is 17.5 Å². The van der Waals surface area contributed by atoms with Crippen LogP contribution in [0.5, 0.6) is 11.5 Å². The Kier molecular flexibility index (Phi) is 12.8. The van der Waals surface area contributed by atoms with Gasteiger partial charge in [0.2, 0.25) is 0 Å². The van der Waals surface area contributed by atoms with Gasteiger partial charge in [0.05, 0.1) is 11.0 Å². The molecular formula is C79H65GeN5O. The normalized spacial score (nSPS) is 12.7. The standard InChI is InChI=1S/C79H65GeN5O/c1-78(2,3)54-42-44-82-75(49-54)85-71-38-21-20-34-67(71)68-41-40-60(50-73(68)85)86-61-43-45-81-74(51-61)83-52-84-76-62(35-22-36-69(76)65-32-18-16-30-63(65)64-31-17-19-33-66(64)70-37-23-39-72(83)77(70)84)53-46-55(79(4,5)6)48-59(47-53)80(56-24-10-7-11-25-56,57-26-12-8-13-27-57)58-28-14-9-15-29-58/h7-51H,52H2,1-6H3. The molecular weight excluding hydrogens is 1110 g/mol. The second kappa shape index (κ2) is 20.8. The van der Waals surface area contributed by atoms with E-state index in [1.807, 2.05) is 18.5 Å². The zero-order valence-corrected chi connectivity index (χ0v) is 51.4. The minimum absolute atomic E-state index is 0.0404. The van der Waals surface area contributed by atoms with Crippen molar-refractivity contribution in [2.24, 2.45) is 0 Å². The first-order valence-corrected chi connectivity index (χ1v) is 34.1. The number of anilines is 2. The first-order chi connectivity index (χ1) is 41.9. The minimum atomic E-state index is -3.81. The second-order valence-corrected chi connectivity index (χ2v) is 33.0. The van der Waals surface area contributed by atoms with Crippen molar-refractivity contribution in [3.63, 3.8) is 0 Å². The third kappa shape index (κ3) is 8.84. The Labute approximate surface area is 504 Å². The van der Waals surface area contributed by atoms with Crippen molar-refractivity contribution in [2.45, 2.75) is 59.0 Å². The molecule has 0 bridgehead atoms. The number of aromatic nitrogens is 4. The third-order valence-corrected chi connectivity index (χ3v) is 27.7. The van der Waals surface area contributed by atoms with Gasteiger partial charge in [-0.3, -0.25) is 4.57 Å². The van der Waals surface area contributed by atoms with Gasteiger partial charge in [0, 0.05) is 23.0 Å². The molecule has 0 atom stereocenters. The maximum atomic E-state index is 6.97. The van der Waals surface area contributed by atoms with Crippen molar-refractivity contribution in [3.05, 3.63) is 284 Å². The molecule has 0 N–H and O–H groups in total. The Bertz CT molecular complexity index is 4940. The summed E-state index contributed by atoms with van der Waals surface area (Å²) in [5.41, 5.74) is 10.1. The van der Waals surface area contributed by atoms with E-state index in [1.165, 1.54) is 72.2 Å². The van der Waals surface area contributed by atoms with E-state index in [-0.39, 0.29) is 10.8 Å². The fraction of sp³-hybridized carbons (Fsp3) is 0.114. The monoisotopic (exact) mass is 1170 g/mol. The van der Waals surface area contributed by atoms with Crippen molar-refractivity contribution in [1.29, 1.82) is 0 Å². The summed E-state index contributed by atoms with van der Waals surface area (Å²) in [6, 6.07) is 96.8. The summed E-state index contributed by atoms with van der Waals surface area (Å²) in [5.74, 6) is 3.08. The molecule has 14 aromatic rings. The van der Waals surface area contributed by atoms with Crippen LogP contribution in [-0.4, -0.2) is 32.4 Å². The average Bonchev–Trinajstić information content (AvgIpc) is 1.45. The van der Waals surface area contributed by atoms with Crippen LogP contribution < -0.4 is 27.2 Å². The van der Waals surface area contributed by atoms with Crippen molar-refractivity contribution >= 4 is 108 Å². The molecule has 0 spiro atoms. The van der Waals surface area contributed by atoms with Crippen LogP contribution in [0.3, 0.4) is 0 Å². The SMILES string of the molecule is CC(C)(C)c1cc(-c2cccc3c4ccccc4c4ccccc4c4cccc5c4n(c23)CN5c2cc(Oc3ccc4c5ccccc5n(-c5cc(C(C)(C)C)ccn5)c4c3)ccn2)c[c]([Ge]([c]2ccccc2)([c]2ccccc2)[c]2ccccc2)c1. The van der Waals surface area contributed by atoms with Crippen LogP contribution in [0.1, 0.15) is 52.7 Å². The van der Waals surface area contributed by atoms with Gasteiger partial charge in [-0.05, 0) is 41.3 Å². The van der Waals surface area contributed by atoms with Crippen LogP contribution in [0.25, 0.3) is 82.1 Å². The van der Waals surface area contributed by atoms with Gasteiger partial charge in [-0.1, -0.05) is 39.0 Å². The summed E-state index contributed by atoms with van der Waals surface area (Å²) < 4.78 is 17.4. The molecule has 1 aliphatic rings. The van der Waals surface area contributed by atoms with Gasteiger partial charge in [-0.25, -0.2) is 4.98 Å². The molecule has 0 fully saturated rings. The summed E-state index contributed by atoms with van der Waals surface area (Å²) in [7, 11) is 0. The molecule has 7 heteroatoms. The van der Waals surface area contributed by atoms with Crippen LogP contribution in [0.15, 0.2) is 273 Å². The molecule has 6 nitrogen and oxygen atoms in total.